The molecule has 4 nitrogen and oxygen atoms in total. The Balaban J connectivity index is 2.05. The van der Waals surface area contributed by atoms with Crippen LogP contribution in [0.15, 0.2) is 42.5 Å². The van der Waals surface area contributed by atoms with Crippen molar-refractivity contribution in [1.29, 1.82) is 0 Å². The highest BCUT2D eigenvalue weighted by Gasteiger charge is 2.23. The van der Waals surface area contributed by atoms with E-state index in [4.69, 9.17) is 11.6 Å². The number of para-hydroxylation sites is 2. The summed E-state index contributed by atoms with van der Waals surface area (Å²) >= 11 is 6.22. The Morgan fingerprint density at radius 1 is 1.29 bits per heavy atom. The summed E-state index contributed by atoms with van der Waals surface area (Å²) in [6.07, 6.45) is -0.622. The van der Waals surface area contributed by atoms with Gasteiger partial charge in [0.1, 0.15) is 6.54 Å². The maximum atomic E-state index is 11.8. The van der Waals surface area contributed by atoms with Crippen LogP contribution in [0.3, 0.4) is 0 Å². The normalized spacial score (nSPS) is 15.4. The van der Waals surface area contributed by atoms with Crippen LogP contribution < -0.4 is 10.2 Å². The van der Waals surface area contributed by atoms with E-state index in [1.807, 2.05) is 35.2 Å². The molecule has 5 heteroatoms. The summed E-state index contributed by atoms with van der Waals surface area (Å²) in [6, 6.07) is 13.1. The van der Waals surface area contributed by atoms with Crippen molar-refractivity contribution in [2.24, 2.45) is 0 Å². The van der Waals surface area contributed by atoms with Crippen LogP contribution in [0.5, 0.6) is 0 Å². The number of hydrogen-bond acceptors (Lipinski definition) is 3. The lowest BCUT2D eigenvalue weighted by molar-refractivity contribution is -0.115. The van der Waals surface area contributed by atoms with Gasteiger partial charge in [-0.1, -0.05) is 29.8 Å². The number of halogens is 1. The molecule has 0 aliphatic carbocycles. The third kappa shape index (κ3) is 2.60. The van der Waals surface area contributed by atoms with Crippen LogP contribution in [-0.2, 0) is 4.79 Å². The quantitative estimate of drug-likeness (QED) is 0.893. The van der Waals surface area contributed by atoms with E-state index in [0.717, 1.165) is 17.1 Å². The molecule has 2 aromatic carbocycles. The van der Waals surface area contributed by atoms with Crippen molar-refractivity contribution in [3.8, 4) is 0 Å². The number of hydrogen-bond donors (Lipinski definition) is 2. The van der Waals surface area contributed by atoms with Gasteiger partial charge in [-0.3, -0.25) is 4.79 Å². The smallest absolute Gasteiger partial charge is 0.244 e. The SMILES string of the molecule is CC(O)c1ccc(N2CC(=O)Nc3ccccc32)cc1Cl. The zero-order valence-corrected chi connectivity index (χ0v) is 12.3. The molecule has 2 aromatic rings. The molecule has 0 bridgehead atoms. The Bertz CT molecular complexity index is 700. The average molecular weight is 303 g/mol. The van der Waals surface area contributed by atoms with Gasteiger partial charge in [-0.15, -0.1) is 0 Å². The first kappa shape index (κ1) is 13.9. The summed E-state index contributed by atoms with van der Waals surface area (Å²) in [4.78, 5) is 13.8. The molecule has 2 N–H and O–H groups in total. The molecule has 1 aliphatic heterocycles. The van der Waals surface area contributed by atoms with Gasteiger partial charge in [-0.05, 0) is 36.8 Å². The van der Waals surface area contributed by atoms with Gasteiger partial charge < -0.3 is 15.3 Å². The van der Waals surface area contributed by atoms with E-state index < -0.39 is 6.10 Å². The molecule has 1 amide bonds. The monoisotopic (exact) mass is 302 g/mol. The Hall–Kier alpha value is -2.04. The number of aliphatic hydroxyl groups is 1. The number of aliphatic hydroxyl groups excluding tert-OH is 1. The molecule has 21 heavy (non-hydrogen) atoms. The second-order valence-electron chi connectivity index (χ2n) is 5.03. The van der Waals surface area contributed by atoms with Gasteiger partial charge >= 0.3 is 0 Å². The van der Waals surface area contributed by atoms with E-state index in [9.17, 15) is 9.90 Å². The molecule has 1 unspecified atom stereocenters. The fourth-order valence-corrected chi connectivity index (χ4v) is 2.82. The lowest BCUT2D eigenvalue weighted by atomic mass is 10.1. The van der Waals surface area contributed by atoms with Crippen LogP contribution in [0.2, 0.25) is 5.02 Å². The number of amides is 1. The third-order valence-corrected chi connectivity index (χ3v) is 3.84. The van der Waals surface area contributed by atoms with Crippen LogP contribution in [0, 0.1) is 0 Å². The molecule has 1 aliphatic rings. The minimum absolute atomic E-state index is 0.0653. The van der Waals surface area contributed by atoms with Crippen molar-refractivity contribution in [2.45, 2.75) is 13.0 Å². The molecule has 108 valence electrons. The minimum atomic E-state index is -0.622. The van der Waals surface area contributed by atoms with Crippen molar-refractivity contribution in [3.63, 3.8) is 0 Å². The molecule has 1 atom stereocenters. The number of fused-ring (bicyclic) bond motifs is 1. The maximum Gasteiger partial charge on any atom is 0.244 e. The summed E-state index contributed by atoms with van der Waals surface area (Å²) in [5.41, 5.74) is 3.21. The number of carbonyl (C=O) groups excluding carboxylic acids is 1. The van der Waals surface area contributed by atoms with Crippen LogP contribution in [0.1, 0.15) is 18.6 Å². The van der Waals surface area contributed by atoms with Gasteiger partial charge in [-0.25, -0.2) is 0 Å². The third-order valence-electron chi connectivity index (χ3n) is 3.52. The van der Waals surface area contributed by atoms with Crippen molar-refractivity contribution in [2.75, 3.05) is 16.8 Å². The molecule has 0 radical (unpaired) electrons. The predicted octanol–water partition coefficient (Wildman–Crippen LogP) is 3.48. The topological polar surface area (TPSA) is 52.6 Å². The Labute approximate surface area is 128 Å². The molecular formula is C16H15ClN2O2. The second-order valence-corrected chi connectivity index (χ2v) is 5.44. The highest BCUT2D eigenvalue weighted by molar-refractivity contribution is 6.31. The Morgan fingerprint density at radius 3 is 2.76 bits per heavy atom. The first-order valence-electron chi connectivity index (χ1n) is 6.70. The largest absolute Gasteiger partial charge is 0.389 e. The molecule has 0 saturated heterocycles. The lowest BCUT2D eigenvalue weighted by Gasteiger charge is -2.31. The zero-order valence-electron chi connectivity index (χ0n) is 11.5. The number of nitrogens with one attached hydrogen (secondary N) is 1. The predicted molar refractivity (Wildman–Crippen MR) is 84.2 cm³/mol. The maximum absolute atomic E-state index is 11.8. The van der Waals surface area contributed by atoms with Gasteiger partial charge in [0.05, 0.1) is 17.5 Å². The Kier molecular flexibility index (Phi) is 3.57. The van der Waals surface area contributed by atoms with E-state index in [-0.39, 0.29) is 12.5 Å². The summed E-state index contributed by atoms with van der Waals surface area (Å²) in [5, 5.41) is 13.0. The van der Waals surface area contributed by atoms with Crippen molar-refractivity contribution >= 4 is 34.6 Å². The molecule has 1 heterocycles. The first-order chi connectivity index (χ1) is 10.1. The summed E-state index contributed by atoms with van der Waals surface area (Å²) in [6.45, 7) is 1.91. The van der Waals surface area contributed by atoms with Gasteiger partial charge in [0, 0.05) is 10.7 Å². The number of benzene rings is 2. The van der Waals surface area contributed by atoms with Crippen LogP contribution in [0.25, 0.3) is 0 Å². The van der Waals surface area contributed by atoms with Crippen molar-refractivity contribution < 1.29 is 9.90 Å². The van der Waals surface area contributed by atoms with E-state index in [1.54, 1.807) is 19.1 Å². The fourth-order valence-electron chi connectivity index (χ4n) is 2.49. The molecule has 0 saturated carbocycles. The summed E-state index contributed by atoms with van der Waals surface area (Å²) < 4.78 is 0. The van der Waals surface area contributed by atoms with E-state index in [1.165, 1.54) is 0 Å². The average Bonchev–Trinajstić information content (AvgIpc) is 2.45. The van der Waals surface area contributed by atoms with E-state index >= 15 is 0 Å². The van der Waals surface area contributed by atoms with E-state index in [0.29, 0.717) is 10.6 Å². The van der Waals surface area contributed by atoms with Crippen LogP contribution >= 0.6 is 11.6 Å². The zero-order chi connectivity index (χ0) is 15.0. The molecule has 0 fully saturated rings. The number of carbonyl (C=O) groups is 1. The molecule has 3 rings (SSSR count). The molecule has 0 spiro atoms. The van der Waals surface area contributed by atoms with Crippen LogP contribution in [0.4, 0.5) is 17.1 Å². The van der Waals surface area contributed by atoms with Crippen molar-refractivity contribution in [3.05, 3.63) is 53.1 Å². The lowest BCUT2D eigenvalue weighted by Crippen LogP contribution is -2.34. The van der Waals surface area contributed by atoms with Gasteiger partial charge in [-0.2, -0.15) is 0 Å². The first-order valence-corrected chi connectivity index (χ1v) is 7.08. The second kappa shape index (κ2) is 5.39. The van der Waals surface area contributed by atoms with Gasteiger partial charge in [0.15, 0.2) is 0 Å². The standard InChI is InChI=1S/C16H15ClN2O2/c1-10(20)12-7-6-11(8-13(12)17)19-9-16(21)18-14-4-2-3-5-15(14)19/h2-8,10,20H,9H2,1H3,(H,18,21). The van der Waals surface area contributed by atoms with E-state index in [2.05, 4.69) is 5.32 Å². The van der Waals surface area contributed by atoms with Crippen LogP contribution in [-0.4, -0.2) is 17.6 Å². The van der Waals surface area contributed by atoms with Gasteiger partial charge in [0.25, 0.3) is 0 Å². The number of nitrogens with zero attached hydrogens (tertiary/aromatic N) is 1. The highest BCUT2D eigenvalue weighted by atomic mass is 35.5. The Morgan fingerprint density at radius 2 is 2.05 bits per heavy atom. The highest BCUT2D eigenvalue weighted by Crippen LogP contribution is 2.37. The summed E-state index contributed by atoms with van der Waals surface area (Å²) in [7, 11) is 0. The number of rotatable bonds is 2. The minimum Gasteiger partial charge on any atom is -0.389 e. The van der Waals surface area contributed by atoms with Crippen molar-refractivity contribution in [1.82, 2.24) is 0 Å². The molecular weight excluding hydrogens is 288 g/mol. The summed E-state index contributed by atoms with van der Waals surface area (Å²) in [5.74, 6) is -0.0653. The number of anilines is 3. The fraction of sp³-hybridized carbons (Fsp3) is 0.188. The molecule has 0 aromatic heterocycles. The van der Waals surface area contributed by atoms with Gasteiger partial charge in [0.2, 0.25) is 5.91 Å².